The van der Waals surface area contributed by atoms with Crippen LogP contribution in [0.4, 0.5) is 0 Å². The Bertz CT molecular complexity index is 3150. The molecule has 0 aliphatic heterocycles. The summed E-state index contributed by atoms with van der Waals surface area (Å²) < 4.78 is 19.3. The number of nitrogens with zero attached hydrogens (tertiary/aromatic N) is 3. The van der Waals surface area contributed by atoms with Crippen LogP contribution in [-0.4, -0.2) is 15.0 Å². The summed E-state index contributed by atoms with van der Waals surface area (Å²) in [5, 5.41) is 6.12. The lowest BCUT2D eigenvalue weighted by Gasteiger charge is -2.11. The molecule has 0 aliphatic rings. The van der Waals surface area contributed by atoms with Crippen molar-refractivity contribution in [1.82, 2.24) is 15.0 Å². The normalized spacial score (nSPS) is 11.9. The van der Waals surface area contributed by atoms with E-state index in [1.807, 2.05) is 97.1 Å². The van der Waals surface area contributed by atoms with Gasteiger partial charge in [-0.3, -0.25) is 0 Å². The molecule has 0 atom stereocenters. The summed E-state index contributed by atoms with van der Waals surface area (Å²) >= 11 is 0. The van der Waals surface area contributed by atoms with E-state index >= 15 is 0 Å². The van der Waals surface area contributed by atoms with Gasteiger partial charge in [-0.25, -0.2) is 15.0 Å². The highest BCUT2D eigenvalue weighted by Gasteiger charge is 2.23. The maximum absolute atomic E-state index is 6.71. The van der Waals surface area contributed by atoms with Gasteiger partial charge in [0.15, 0.2) is 17.5 Å². The molecule has 0 saturated heterocycles. The van der Waals surface area contributed by atoms with Crippen LogP contribution in [0.3, 0.4) is 0 Å². The largest absolute Gasteiger partial charge is 0.456 e. The summed E-state index contributed by atoms with van der Waals surface area (Å²) in [6.45, 7) is 0. The summed E-state index contributed by atoms with van der Waals surface area (Å²) in [5.74, 6) is 1.72. The van der Waals surface area contributed by atoms with E-state index in [2.05, 4.69) is 54.6 Å². The molecule has 0 bridgehead atoms. The Labute approximate surface area is 290 Å². The molecule has 11 rings (SSSR count). The maximum atomic E-state index is 6.71. The summed E-state index contributed by atoms with van der Waals surface area (Å²) in [6.07, 6.45) is 0. The average Bonchev–Trinajstić information content (AvgIpc) is 3.89. The van der Waals surface area contributed by atoms with Crippen LogP contribution in [0.1, 0.15) is 0 Å². The summed E-state index contributed by atoms with van der Waals surface area (Å²) in [4.78, 5) is 15.3. The lowest BCUT2D eigenvalue weighted by atomic mass is 9.96. The van der Waals surface area contributed by atoms with Gasteiger partial charge in [-0.05, 0) is 48.5 Å². The van der Waals surface area contributed by atoms with Crippen LogP contribution in [0.25, 0.3) is 111 Å². The Morgan fingerprint density at radius 2 is 0.863 bits per heavy atom. The summed E-state index contributed by atoms with van der Waals surface area (Å²) in [6, 6.07) is 51.0. The van der Waals surface area contributed by atoms with Crippen molar-refractivity contribution in [3.8, 4) is 45.3 Å². The van der Waals surface area contributed by atoms with Crippen molar-refractivity contribution < 1.29 is 13.3 Å². The first kappa shape index (κ1) is 27.9. The maximum Gasteiger partial charge on any atom is 0.164 e. The molecule has 6 nitrogen and oxygen atoms in total. The van der Waals surface area contributed by atoms with Gasteiger partial charge < -0.3 is 13.3 Å². The zero-order valence-corrected chi connectivity index (χ0v) is 27.0. The summed E-state index contributed by atoms with van der Waals surface area (Å²) in [7, 11) is 0. The Hall–Kier alpha value is -7.05. The molecule has 0 spiro atoms. The number of benzene rings is 7. The Morgan fingerprint density at radius 3 is 1.67 bits per heavy atom. The second-order valence-electron chi connectivity index (χ2n) is 12.7. The third-order valence-electron chi connectivity index (χ3n) is 9.76. The molecule has 7 aromatic carbocycles. The van der Waals surface area contributed by atoms with Crippen LogP contribution in [0, 0.1) is 0 Å². The quantitative estimate of drug-likeness (QED) is 0.188. The predicted octanol–water partition coefficient (Wildman–Crippen LogP) is 12.2. The van der Waals surface area contributed by atoms with Gasteiger partial charge in [0.25, 0.3) is 0 Å². The second-order valence-corrected chi connectivity index (χ2v) is 12.7. The van der Waals surface area contributed by atoms with Gasteiger partial charge in [-0.1, -0.05) is 103 Å². The number of hydrogen-bond acceptors (Lipinski definition) is 6. The fraction of sp³-hybridized carbons (Fsp3) is 0. The predicted molar refractivity (Wildman–Crippen MR) is 203 cm³/mol. The van der Waals surface area contributed by atoms with E-state index in [0.29, 0.717) is 17.5 Å². The molecule has 0 unspecified atom stereocenters. The Morgan fingerprint density at radius 1 is 0.314 bits per heavy atom. The fourth-order valence-electron chi connectivity index (χ4n) is 7.39. The van der Waals surface area contributed by atoms with E-state index < -0.39 is 0 Å². The molecule has 4 heterocycles. The fourth-order valence-corrected chi connectivity index (χ4v) is 7.39. The van der Waals surface area contributed by atoms with Crippen molar-refractivity contribution in [2.45, 2.75) is 0 Å². The zero-order valence-electron chi connectivity index (χ0n) is 27.0. The standard InChI is InChI=1S/C45H25N3O3/c1-2-11-26(12-3-1)43-46-44(27-21-24-39-35(25-27)29-14-5-7-18-36(29)49-39)48-45(47-43)34-23-22-32(42-40(34)33-15-6-9-20-38(33)51-42)31-17-10-16-30-28-13-4-8-19-37(28)50-41(30)31/h1-25H. The number of para-hydroxylation sites is 4. The molecule has 0 amide bonds. The van der Waals surface area contributed by atoms with E-state index in [0.717, 1.165) is 93.6 Å². The molecule has 238 valence electrons. The molecular formula is C45H25N3O3. The minimum atomic E-state index is 0.557. The van der Waals surface area contributed by atoms with E-state index in [1.165, 1.54) is 0 Å². The van der Waals surface area contributed by atoms with Gasteiger partial charge >= 0.3 is 0 Å². The first-order valence-electron chi connectivity index (χ1n) is 16.9. The lowest BCUT2D eigenvalue weighted by Crippen LogP contribution is -2.00. The minimum Gasteiger partial charge on any atom is -0.456 e. The minimum absolute atomic E-state index is 0.557. The van der Waals surface area contributed by atoms with Gasteiger partial charge in [0, 0.05) is 60.1 Å². The first-order chi connectivity index (χ1) is 25.3. The van der Waals surface area contributed by atoms with Crippen LogP contribution in [0.2, 0.25) is 0 Å². The highest BCUT2D eigenvalue weighted by Crippen LogP contribution is 2.44. The highest BCUT2D eigenvalue weighted by molar-refractivity contribution is 6.18. The second kappa shape index (κ2) is 10.7. The van der Waals surface area contributed by atoms with Crippen molar-refractivity contribution in [3.05, 3.63) is 152 Å². The molecule has 51 heavy (non-hydrogen) atoms. The van der Waals surface area contributed by atoms with Crippen LogP contribution in [-0.2, 0) is 0 Å². The van der Waals surface area contributed by atoms with Crippen LogP contribution < -0.4 is 0 Å². The number of aromatic nitrogens is 3. The van der Waals surface area contributed by atoms with Crippen molar-refractivity contribution in [1.29, 1.82) is 0 Å². The van der Waals surface area contributed by atoms with Crippen molar-refractivity contribution in [3.63, 3.8) is 0 Å². The number of fused-ring (bicyclic) bond motifs is 9. The Balaban J connectivity index is 1.18. The van der Waals surface area contributed by atoms with E-state index in [-0.39, 0.29) is 0 Å². The molecule has 0 saturated carbocycles. The molecule has 0 N–H and O–H groups in total. The Kier molecular flexibility index (Phi) is 5.86. The summed E-state index contributed by atoms with van der Waals surface area (Å²) in [5.41, 5.74) is 9.39. The van der Waals surface area contributed by atoms with Crippen molar-refractivity contribution >= 4 is 65.8 Å². The third-order valence-corrected chi connectivity index (χ3v) is 9.76. The van der Waals surface area contributed by atoms with Gasteiger partial charge in [0.2, 0.25) is 0 Å². The van der Waals surface area contributed by atoms with Gasteiger partial charge in [-0.2, -0.15) is 0 Å². The molecule has 0 radical (unpaired) electrons. The first-order valence-corrected chi connectivity index (χ1v) is 16.9. The molecule has 0 fully saturated rings. The van der Waals surface area contributed by atoms with Crippen LogP contribution in [0.5, 0.6) is 0 Å². The SMILES string of the molecule is c1ccc(-c2nc(-c3ccc4oc5ccccc5c4c3)nc(-c3ccc(-c4cccc5c4oc4ccccc45)c4oc5ccccc5c34)n2)cc1. The number of hydrogen-bond donors (Lipinski definition) is 0. The molecule has 11 aromatic rings. The van der Waals surface area contributed by atoms with E-state index in [4.69, 9.17) is 28.2 Å². The third kappa shape index (κ3) is 4.26. The molecular weight excluding hydrogens is 631 g/mol. The lowest BCUT2D eigenvalue weighted by molar-refractivity contribution is 0.665. The monoisotopic (exact) mass is 655 g/mol. The van der Waals surface area contributed by atoms with E-state index in [9.17, 15) is 0 Å². The smallest absolute Gasteiger partial charge is 0.164 e. The van der Waals surface area contributed by atoms with Crippen molar-refractivity contribution in [2.24, 2.45) is 0 Å². The number of rotatable bonds is 4. The number of furan rings is 3. The van der Waals surface area contributed by atoms with E-state index in [1.54, 1.807) is 0 Å². The van der Waals surface area contributed by atoms with Crippen LogP contribution >= 0.6 is 0 Å². The average molecular weight is 656 g/mol. The van der Waals surface area contributed by atoms with Crippen LogP contribution in [0.15, 0.2) is 165 Å². The van der Waals surface area contributed by atoms with Gasteiger partial charge in [-0.15, -0.1) is 0 Å². The zero-order chi connectivity index (χ0) is 33.5. The van der Waals surface area contributed by atoms with Gasteiger partial charge in [0.1, 0.15) is 33.5 Å². The topological polar surface area (TPSA) is 78.1 Å². The molecule has 4 aromatic heterocycles. The molecule has 6 heteroatoms. The van der Waals surface area contributed by atoms with Crippen molar-refractivity contribution in [2.75, 3.05) is 0 Å². The van der Waals surface area contributed by atoms with Gasteiger partial charge in [0.05, 0.1) is 0 Å². The molecule has 0 aliphatic carbocycles. The highest BCUT2D eigenvalue weighted by atomic mass is 16.3.